The highest BCUT2D eigenvalue weighted by Gasteiger charge is 2.34. The molecule has 1 fully saturated rings. The minimum Gasteiger partial charge on any atom is -0.385 e. The number of rotatable bonds is 3. The molecule has 4 aromatic rings. The predicted molar refractivity (Wildman–Crippen MR) is 120 cm³/mol. The molecule has 1 aliphatic rings. The van der Waals surface area contributed by atoms with Crippen LogP contribution in [0.2, 0.25) is 5.02 Å². The molecule has 150 valence electrons. The zero-order valence-corrected chi connectivity index (χ0v) is 17.1. The van der Waals surface area contributed by atoms with E-state index in [1.807, 2.05) is 42.5 Å². The molecule has 0 radical (unpaired) electrons. The third kappa shape index (κ3) is 3.51. The lowest BCUT2D eigenvalue weighted by molar-refractivity contribution is 0.0115. The summed E-state index contributed by atoms with van der Waals surface area (Å²) in [7, 11) is 0. The van der Waals surface area contributed by atoms with Crippen LogP contribution in [0.1, 0.15) is 18.4 Å². The van der Waals surface area contributed by atoms with Gasteiger partial charge in [0.2, 0.25) is 5.95 Å². The van der Waals surface area contributed by atoms with Crippen LogP contribution in [0.15, 0.2) is 72.9 Å². The number of aromatic nitrogens is 3. The Balaban J connectivity index is 1.40. The van der Waals surface area contributed by atoms with Crippen LogP contribution in [0.25, 0.3) is 22.0 Å². The molecule has 0 amide bonds. The van der Waals surface area contributed by atoms with Gasteiger partial charge in [0, 0.05) is 23.7 Å². The van der Waals surface area contributed by atoms with Crippen molar-refractivity contribution in [2.24, 2.45) is 0 Å². The summed E-state index contributed by atoms with van der Waals surface area (Å²) in [6.07, 6.45) is 2.90. The molecule has 1 aromatic heterocycles. The maximum absolute atomic E-state index is 11.1. The minimum atomic E-state index is -0.859. The van der Waals surface area contributed by atoms with E-state index in [1.54, 1.807) is 6.20 Å². The van der Waals surface area contributed by atoms with E-state index in [0.29, 0.717) is 36.9 Å². The maximum Gasteiger partial charge on any atom is 0.245 e. The van der Waals surface area contributed by atoms with Crippen molar-refractivity contribution >= 4 is 28.3 Å². The second kappa shape index (κ2) is 7.67. The smallest absolute Gasteiger partial charge is 0.245 e. The third-order valence-corrected chi connectivity index (χ3v) is 6.12. The molecule has 1 saturated heterocycles. The Morgan fingerprint density at radius 2 is 1.63 bits per heavy atom. The normalized spacial score (nSPS) is 16.0. The standard InChI is InChI=1S/C24H21ClN4O/c25-19-10-8-18(9-11-19)24(30)12-14-29(15-13-24)23-27-22(16-26-28-23)21-7-3-5-17-4-1-2-6-20(17)21/h1-11,16,30H,12-15H2. The minimum absolute atomic E-state index is 0.594. The van der Waals surface area contributed by atoms with Gasteiger partial charge in [-0.05, 0) is 41.3 Å². The third-order valence-electron chi connectivity index (χ3n) is 5.87. The molecule has 0 atom stereocenters. The fourth-order valence-electron chi connectivity index (χ4n) is 4.13. The van der Waals surface area contributed by atoms with E-state index >= 15 is 0 Å². The van der Waals surface area contributed by atoms with E-state index in [2.05, 4.69) is 39.4 Å². The average molecular weight is 417 g/mol. The van der Waals surface area contributed by atoms with E-state index < -0.39 is 5.60 Å². The Bertz CT molecular complexity index is 1180. The molecule has 2 heterocycles. The van der Waals surface area contributed by atoms with Crippen molar-refractivity contribution in [3.8, 4) is 11.3 Å². The first-order valence-corrected chi connectivity index (χ1v) is 10.4. The maximum atomic E-state index is 11.1. The zero-order chi connectivity index (χ0) is 20.6. The number of aliphatic hydroxyl groups is 1. The second-order valence-corrected chi connectivity index (χ2v) is 8.13. The first kappa shape index (κ1) is 19.0. The van der Waals surface area contributed by atoms with Crippen molar-refractivity contribution in [1.82, 2.24) is 15.2 Å². The zero-order valence-electron chi connectivity index (χ0n) is 16.4. The van der Waals surface area contributed by atoms with Crippen molar-refractivity contribution in [3.05, 3.63) is 83.5 Å². The monoisotopic (exact) mass is 416 g/mol. The van der Waals surface area contributed by atoms with Crippen LogP contribution in [-0.2, 0) is 5.60 Å². The van der Waals surface area contributed by atoms with Gasteiger partial charge in [-0.1, -0.05) is 66.2 Å². The lowest BCUT2D eigenvalue weighted by Gasteiger charge is -2.38. The molecule has 1 N–H and O–H groups in total. The van der Waals surface area contributed by atoms with Crippen molar-refractivity contribution in [2.45, 2.75) is 18.4 Å². The van der Waals surface area contributed by atoms with Gasteiger partial charge in [0.05, 0.1) is 17.5 Å². The van der Waals surface area contributed by atoms with Gasteiger partial charge >= 0.3 is 0 Å². The van der Waals surface area contributed by atoms with Gasteiger partial charge in [-0.25, -0.2) is 4.98 Å². The molecule has 0 unspecified atom stereocenters. The fourth-order valence-corrected chi connectivity index (χ4v) is 4.26. The van der Waals surface area contributed by atoms with Gasteiger partial charge in [-0.3, -0.25) is 0 Å². The second-order valence-electron chi connectivity index (χ2n) is 7.69. The molecule has 0 aliphatic carbocycles. The number of nitrogens with zero attached hydrogens (tertiary/aromatic N) is 4. The largest absolute Gasteiger partial charge is 0.385 e. The molecule has 30 heavy (non-hydrogen) atoms. The van der Waals surface area contributed by atoms with Crippen molar-refractivity contribution in [2.75, 3.05) is 18.0 Å². The highest BCUT2D eigenvalue weighted by Crippen LogP contribution is 2.35. The molecule has 1 aliphatic heterocycles. The van der Waals surface area contributed by atoms with E-state index in [9.17, 15) is 5.11 Å². The Kier molecular flexibility index (Phi) is 4.85. The van der Waals surface area contributed by atoms with Crippen molar-refractivity contribution in [3.63, 3.8) is 0 Å². The average Bonchev–Trinajstić information content (AvgIpc) is 2.80. The van der Waals surface area contributed by atoms with Crippen LogP contribution in [-0.4, -0.2) is 33.4 Å². The highest BCUT2D eigenvalue weighted by molar-refractivity contribution is 6.30. The Hall–Kier alpha value is -3.02. The van der Waals surface area contributed by atoms with Gasteiger partial charge < -0.3 is 10.0 Å². The fraction of sp³-hybridized carbons (Fsp3) is 0.208. The number of halogens is 1. The predicted octanol–water partition coefficient (Wildman–Crippen LogP) is 4.83. The first-order chi connectivity index (χ1) is 14.6. The number of benzene rings is 3. The van der Waals surface area contributed by atoms with E-state index in [1.165, 1.54) is 5.39 Å². The first-order valence-electron chi connectivity index (χ1n) is 10.0. The van der Waals surface area contributed by atoms with Gasteiger partial charge in [0.1, 0.15) is 0 Å². The lowest BCUT2D eigenvalue weighted by Crippen LogP contribution is -2.43. The quantitative estimate of drug-likeness (QED) is 0.518. The topological polar surface area (TPSA) is 62.1 Å². The van der Waals surface area contributed by atoms with Crippen LogP contribution >= 0.6 is 11.6 Å². The lowest BCUT2D eigenvalue weighted by atomic mass is 9.84. The van der Waals surface area contributed by atoms with Crippen LogP contribution in [0.4, 0.5) is 5.95 Å². The molecular weight excluding hydrogens is 396 g/mol. The Labute approximate surface area is 180 Å². The van der Waals surface area contributed by atoms with Crippen molar-refractivity contribution in [1.29, 1.82) is 0 Å². The summed E-state index contributed by atoms with van der Waals surface area (Å²) in [6, 6.07) is 21.9. The van der Waals surface area contributed by atoms with Gasteiger partial charge in [0.25, 0.3) is 0 Å². The molecule has 3 aromatic carbocycles. The van der Waals surface area contributed by atoms with Gasteiger partial charge in [-0.15, -0.1) is 5.10 Å². The van der Waals surface area contributed by atoms with Gasteiger partial charge in [-0.2, -0.15) is 5.10 Å². The Morgan fingerprint density at radius 1 is 0.900 bits per heavy atom. The van der Waals surface area contributed by atoms with E-state index in [-0.39, 0.29) is 0 Å². The van der Waals surface area contributed by atoms with Crippen LogP contribution < -0.4 is 4.90 Å². The van der Waals surface area contributed by atoms with Crippen LogP contribution in [0, 0.1) is 0 Å². The summed E-state index contributed by atoms with van der Waals surface area (Å²) in [4.78, 5) is 6.89. The van der Waals surface area contributed by atoms with E-state index in [0.717, 1.165) is 22.2 Å². The summed E-state index contributed by atoms with van der Waals surface area (Å²) < 4.78 is 0. The molecule has 6 heteroatoms. The summed E-state index contributed by atoms with van der Waals surface area (Å²) in [6.45, 7) is 1.31. The Morgan fingerprint density at radius 3 is 2.43 bits per heavy atom. The summed E-state index contributed by atoms with van der Waals surface area (Å²) in [5.74, 6) is 0.596. The number of piperidine rings is 1. The van der Waals surface area contributed by atoms with Crippen LogP contribution in [0.5, 0.6) is 0 Å². The molecule has 0 bridgehead atoms. The highest BCUT2D eigenvalue weighted by atomic mass is 35.5. The molecule has 0 spiro atoms. The van der Waals surface area contributed by atoms with Crippen LogP contribution in [0.3, 0.4) is 0 Å². The summed E-state index contributed by atoms with van der Waals surface area (Å²) in [5, 5.41) is 22.6. The summed E-state index contributed by atoms with van der Waals surface area (Å²) in [5.41, 5.74) is 1.88. The SMILES string of the molecule is OC1(c2ccc(Cl)cc2)CCN(c2nncc(-c3cccc4ccccc34)n2)CC1. The molecule has 0 saturated carbocycles. The number of hydrogen-bond donors (Lipinski definition) is 1. The number of anilines is 1. The molecule has 5 rings (SSSR count). The number of hydrogen-bond acceptors (Lipinski definition) is 5. The molecule has 5 nitrogen and oxygen atoms in total. The number of fused-ring (bicyclic) bond motifs is 1. The van der Waals surface area contributed by atoms with Gasteiger partial charge in [0.15, 0.2) is 0 Å². The van der Waals surface area contributed by atoms with E-state index in [4.69, 9.17) is 16.6 Å². The molecular formula is C24H21ClN4O. The van der Waals surface area contributed by atoms with Crippen molar-refractivity contribution < 1.29 is 5.11 Å². The summed E-state index contributed by atoms with van der Waals surface area (Å²) >= 11 is 5.99.